The molecular weight excluding hydrogens is 376 g/mol. The SMILES string of the molecule is CN[C@H]1[C@H](O)[C@H]2O[C@@H]3O[C@H](C)CC(=O)[C@]3(O)O[C@@H]2[C@@H](N(C)CCC(=O)O)[C@H]1O. The first-order valence-electron chi connectivity index (χ1n) is 9.30. The van der Waals surface area contributed by atoms with Crippen LogP contribution in [0.15, 0.2) is 0 Å². The summed E-state index contributed by atoms with van der Waals surface area (Å²) in [5, 5.41) is 44.1. The Hall–Kier alpha value is -1.18. The predicted molar refractivity (Wildman–Crippen MR) is 92.2 cm³/mol. The van der Waals surface area contributed by atoms with Gasteiger partial charge in [-0.15, -0.1) is 0 Å². The highest BCUT2D eigenvalue weighted by Crippen LogP contribution is 2.41. The maximum Gasteiger partial charge on any atom is 0.304 e. The van der Waals surface area contributed by atoms with E-state index in [1.165, 1.54) is 0 Å². The zero-order valence-corrected chi connectivity index (χ0v) is 16.0. The number of Topliss-reactive ketones (excluding diaryl/α,β-unsaturated/α-hetero) is 1. The second kappa shape index (κ2) is 7.92. The summed E-state index contributed by atoms with van der Waals surface area (Å²) in [6, 6.07) is -1.65. The van der Waals surface area contributed by atoms with Crippen molar-refractivity contribution in [1.29, 1.82) is 0 Å². The van der Waals surface area contributed by atoms with Crippen molar-refractivity contribution in [3.05, 3.63) is 0 Å². The molecule has 9 atom stereocenters. The molecule has 28 heavy (non-hydrogen) atoms. The van der Waals surface area contributed by atoms with Crippen LogP contribution in [0.25, 0.3) is 0 Å². The largest absolute Gasteiger partial charge is 0.481 e. The summed E-state index contributed by atoms with van der Waals surface area (Å²) in [4.78, 5) is 24.9. The quantitative estimate of drug-likeness (QED) is 0.324. The molecule has 3 aliphatic rings. The van der Waals surface area contributed by atoms with Crippen molar-refractivity contribution < 1.29 is 44.2 Å². The fourth-order valence-electron chi connectivity index (χ4n) is 4.26. The summed E-state index contributed by atoms with van der Waals surface area (Å²) in [7, 11) is 3.16. The molecule has 2 heterocycles. The minimum Gasteiger partial charge on any atom is -0.481 e. The van der Waals surface area contributed by atoms with Gasteiger partial charge >= 0.3 is 5.97 Å². The molecule has 0 bridgehead atoms. The van der Waals surface area contributed by atoms with E-state index in [0.29, 0.717) is 0 Å². The number of nitrogens with zero attached hydrogens (tertiary/aromatic N) is 1. The smallest absolute Gasteiger partial charge is 0.304 e. The third kappa shape index (κ3) is 3.57. The number of hydrogen-bond acceptors (Lipinski definition) is 10. The average Bonchev–Trinajstić information content (AvgIpc) is 2.61. The van der Waals surface area contributed by atoms with Gasteiger partial charge in [0.2, 0.25) is 6.29 Å². The lowest BCUT2D eigenvalue weighted by molar-refractivity contribution is -0.423. The van der Waals surface area contributed by atoms with Crippen LogP contribution in [0.4, 0.5) is 0 Å². The molecule has 2 aliphatic heterocycles. The second-order valence-corrected chi connectivity index (χ2v) is 7.70. The number of nitrogens with one attached hydrogen (secondary N) is 1. The Balaban J connectivity index is 1.92. The molecule has 5 N–H and O–H groups in total. The molecule has 1 aliphatic carbocycles. The molecular formula is C17H28N2O9. The molecule has 2 saturated heterocycles. The maximum absolute atomic E-state index is 12.4. The van der Waals surface area contributed by atoms with E-state index in [1.807, 2.05) is 0 Å². The Morgan fingerprint density at radius 1 is 1.29 bits per heavy atom. The molecule has 11 nitrogen and oxygen atoms in total. The number of carboxylic acid groups (broad SMARTS) is 1. The molecule has 3 rings (SSSR count). The van der Waals surface area contributed by atoms with E-state index < -0.39 is 66.4 Å². The Bertz CT molecular complexity index is 619. The number of rotatable bonds is 5. The minimum atomic E-state index is -2.36. The number of aliphatic carboxylic acids is 1. The lowest BCUT2D eigenvalue weighted by atomic mass is 9.79. The summed E-state index contributed by atoms with van der Waals surface area (Å²) >= 11 is 0. The summed E-state index contributed by atoms with van der Waals surface area (Å²) in [6.45, 7) is 1.74. The Morgan fingerprint density at radius 2 is 1.96 bits per heavy atom. The van der Waals surface area contributed by atoms with Crippen LogP contribution >= 0.6 is 0 Å². The van der Waals surface area contributed by atoms with Crippen LogP contribution in [0.1, 0.15) is 19.8 Å². The number of hydrogen-bond donors (Lipinski definition) is 5. The number of fused-ring (bicyclic) bond motifs is 2. The summed E-state index contributed by atoms with van der Waals surface area (Å²) in [6.07, 6.45) is -6.64. The van der Waals surface area contributed by atoms with E-state index in [1.54, 1.807) is 25.9 Å². The van der Waals surface area contributed by atoms with Gasteiger partial charge in [-0.2, -0.15) is 0 Å². The summed E-state index contributed by atoms with van der Waals surface area (Å²) < 4.78 is 17.0. The standard InChI is InChI=1S/C17H28N2O9/c1-7-6-8(20)17(25)16(26-7)27-15-13(24)10(18-2)12(23)11(14(15)28-17)19(3)5-4-9(21)22/h7,10-16,18,23-25H,4-6H2,1-3H3,(H,21,22)/t7-,10-,11+,12+,13+,14-,15-,16+,17+/m1/s1. The van der Waals surface area contributed by atoms with Crippen molar-refractivity contribution in [2.24, 2.45) is 0 Å². The van der Waals surface area contributed by atoms with Crippen LogP contribution in [-0.2, 0) is 23.8 Å². The van der Waals surface area contributed by atoms with Crippen LogP contribution < -0.4 is 5.32 Å². The van der Waals surface area contributed by atoms with Gasteiger partial charge in [0.25, 0.3) is 5.79 Å². The van der Waals surface area contributed by atoms with Gasteiger partial charge in [-0.25, -0.2) is 0 Å². The first-order chi connectivity index (χ1) is 13.1. The third-order valence-electron chi connectivity index (χ3n) is 5.75. The molecule has 0 aromatic rings. The van der Waals surface area contributed by atoms with Crippen molar-refractivity contribution in [3.63, 3.8) is 0 Å². The van der Waals surface area contributed by atoms with Crippen LogP contribution in [-0.4, -0.2) is 112 Å². The highest BCUT2D eigenvalue weighted by atomic mass is 16.8. The number of likely N-dealkylation sites (N-methyl/N-ethyl adjacent to an activating group) is 2. The molecule has 0 radical (unpaired) electrons. The van der Waals surface area contributed by atoms with E-state index in [-0.39, 0.29) is 19.4 Å². The molecule has 0 amide bonds. The van der Waals surface area contributed by atoms with Gasteiger partial charge in [0.05, 0.1) is 30.7 Å². The van der Waals surface area contributed by atoms with Crippen LogP contribution in [0, 0.1) is 0 Å². The summed E-state index contributed by atoms with van der Waals surface area (Å²) in [5.74, 6) is -3.98. The van der Waals surface area contributed by atoms with Crippen LogP contribution in [0.2, 0.25) is 0 Å². The number of aliphatic hydroxyl groups excluding tert-OH is 2. The van der Waals surface area contributed by atoms with Gasteiger partial charge in [0.15, 0.2) is 5.78 Å². The van der Waals surface area contributed by atoms with E-state index in [2.05, 4.69) is 5.32 Å². The molecule has 11 heteroatoms. The fraction of sp³-hybridized carbons (Fsp3) is 0.882. The van der Waals surface area contributed by atoms with Crippen molar-refractivity contribution in [1.82, 2.24) is 10.2 Å². The maximum atomic E-state index is 12.4. The number of carboxylic acids is 1. The topological polar surface area (TPSA) is 158 Å². The number of carbonyl (C=O) groups excluding carboxylic acids is 1. The van der Waals surface area contributed by atoms with Gasteiger partial charge in [0.1, 0.15) is 18.3 Å². The normalized spacial score (nSPS) is 46.2. The minimum absolute atomic E-state index is 0.0719. The number of carbonyl (C=O) groups is 2. The third-order valence-corrected chi connectivity index (χ3v) is 5.75. The van der Waals surface area contributed by atoms with Gasteiger partial charge in [-0.1, -0.05) is 0 Å². The fourth-order valence-corrected chi connectivity index (χ4v) is 4.26. The number of ether oxygens (including phenoxy) is 3. The first kappa shape index (κ1) is 21.5. The molecule has 0 spiro atoms. The van der Waals surface area contributed by atoms with Crippen molar-refractivity contribution in [2.45, 2.75) is 74.4 Å². The molecule has 1 saturated carbocycles. The van der Waals surface area contributed by atoms with Gasteiger partial charge < -0.3 is 40.0 Å². The van der Waals surface area contributed by atoms with E-state index in [9.17, 15) is 24.9 Å². The molecule has 0 unspecified atom stereocenters. The van der Waals surface area contributed by atoms with Gasteiger partial charge in [-0.3, -0.25) is 14.5 Å². The monoisotopic (exact) mass is 404 g/mol. The Labute approximate surface area is 162 Å². The molecule has 3 fully saturated rings. The zero-order valence-electron chi connectivity index (χ0n) is 16.0. The van der Waals surface area contributed by atoms with Crippen LogP contribution in [0.3, 0.4) is 0 Å². The second-order valence-electron chi connectivity index (χ2n) is 7.70. The average molecular weight is 404 g/mol. The lowest BCUT2D eigenvalue weighted by Crippen LogP contribution is -2.78. The predicted octanol–water partition coefficient (Wildman–Crippen LogP) is -2.74. The van der Waals surface area contributed by atoms with E-state index in [4.69, 9.17) is 19.3 Å². The Morgan fingerprint density at radius 3 is 2.57 bits per heavy atom. The van der Waals surface area contributed by atoms with Gasteiger partial charge in [-0.05, 0) is 21.0 Å². The Kier molecular flexibility index (Phi) is 6.09. The summed E-state index contributed by atoms with van der Waals surface area (Å²) in [5.41, 5.74) is 0. The molecule has 0 aromatic carbocycles. The molecule has 0 aromatic heterocycles. The van der Waals surface area contributed by atoms with Crippen molar-refractivity contribution >= 4 is 11.8 Å². The number of aliphatic hydroxyl groups is 3. The zero-order chi connectivity index (χ0) is 20.8. The van der Waals surface area contributed by atoms with Crippen LogP contribution in [0.5, 0.6) is 0 Å². The van der Waals surface area contributed by atoms with Gasteiger partial charge in [0, 0.05) is 13.0 Å². The first-order valence-corrected chi connectivity index (χ1v) is 9.30. The highest BCUT2D eigenvalue weighted by Gasteiger charge is 2.64. The van der Waals surface area contributed by atoms with Crippen molar-refractivity contribution in [3.8, 4) is 0 Å². The van der Waals surface area contributed by atoms with Crippen molar-refractivity contribution in [2.75, 3.05) is 20.6 Å². The molecule has 160 valence electrons. The lowest BCUT2D eigenvalue weighted by Gasteiger charge is -2.56. The highest BCUT2D eigenvalue weighted by molar-refractivity contribution is 5.87. The number of ketones is 1. The van der Waals surface area contributed by atoms with E-state index >= 15 is 0 Å². The van der Waals surface area contributed by atoms with E-state index in [0.717, 1.165) is 0 Å².